The molecule has 126 valence electrons. The van der Waals surface area contributed by atoms with Crippen molar-refractivity contribution in [2.45, 2.75) is 39.3 Å². The first-order valence-electron chi connectivity index (χ1n) is 7.74. The first-order chi connectivity index (χ1) is 10.7. The van der Waals surface area contributed by atoms with Gasteiger partial charge in [-0.3, -0.25) is 0 Å². The number of aromatic nitrogens is 1. The summed E-state index contributed by atoms with van der Waals surface area (Å²) in [7, 11) is -1.52. The van der Waals surface area contributed by atoms with Crippen LogP contribution in [-0.4, -0.2) is 64.4 Å². The van der Waals surface area contributed by atoms with Crippen LogP contribution < -0.4 is 10.4 Å². The van der Waals surface area contributed by atoms with Crippen LogP contribution in [0, 0.1) is 0 Å². The van der Waals surface area contributed by atoms with Crippen LogP contribution in [0.15, 0.2) is 18.3 Å². The molecule has 1 amide bonds. The van der Waals surface area contributed by atoms with Crippen LogP contribution in [0.25, 0.3) is 0 Å². The Bertz CT molecular complexity index is 545. The number of pyridine rings is 1. The van der Waals surface area contributed by atoms with Crippen LogP contribution in [0.5, 0.6) is 0 Å². The Balaban J connectivity index is 2.00. The molecule has 0 unspecified atom stereocenters. The number of amides is 1. The average molecular weight is 321 g/mol. The fourth-order valence-corrected chi connectivity index (χ4v) is 2.51. The number of anilines is 1. The summed E-state index contributed by atoms with van der Waals surface area (Å²) in [5, 5.41) is 18.2. The van der Waals surface area contributed by atoms with Crippen molar-refractivity contribution < 1.29 is 19.6 Å². The van der Waals surface area contributed by atoms with E-state index in [1.54, 1.807) is 17.0 Å². The molecule has 8 heteroatoms. The predicted molar refractivity (Wildman–Crippen MR) is 88.7 cm³/mol. The Morgan fingerprint density at radius 3 is 2.52 bits per heavy atom. The lowest BCUT2D eigenvalue weighted by Crippen LogP contribution is -2.54. The molecular formula is C15H24BN3O4. The first-order valence-corrected chi connectivity index (χ1v) is 7.74. The molecule has 7 nitrogen and oxygen atoms in total. The van der Waals surface area contributed by atoms with Gasteiger partial charge in [0.25, 0.3) is 0 Å². The molecule has 1 atom stereocenters. The summed E-state index contributed by atoms with van der Waals surface area (Å²) >= 11 is 0. The molecule has 23 heavy (non-hydrogen) atoms. The Morgan fingerprint density at radius 2 is 2.04 bits per heavy atom. The third-order valence-corrected chi connectivity index (χ3v) is 3.64. The van der Waals surface area contributed by atoms with Gasteiger partial charge < -0.3 is 24.6 Å². The van der Waals surface area contributed by atoms with Crippen molar-refractivity contribution in [3.63, 3.8) is 0 Å². The quantitative estimate of drug-likeness (QED) is 0.757. The van der Waals surface area contributed by atoms with Gasteiger partial charge in [-0.25, -0.2) is 9.78 Å². The summed E-state index contributed by atoms with van der Waals surface area (Å²) in [6.45, 7) is 9.34. The van der Waals surface area contributed by atoms with Crippen molar-refractivity contribution in [3.8, 4) is 0 Å². The zero-order valence-corrected chi connectivity index (χ0v) is 14.1. The highest BCUT2D eigenvalue weighted by Gasteiger charge is 2.30. The maximum absolute atomic E-state index is 12.1. The maximum Gasteiger partial charge on any atom is 0.490 e. The van der Waals surface area contributed by atoms with Gasteiger partial charge in [-0.05, 0) is 33.8 Å². The van der Waals surface area contributed by atoms with Crippen molar-refractivity contribution >= 4 is 24.5 Å². The van der Waals surface area contributed by atoms with E-state index in [-0.39, 0.29) is 12.1 Å². The van der Waals surface area contributed by atoms with Crippen molar-refractivity contribution in [3.05, 3.63) is 18.3 Å². The molecule has 1 aromatic rings. The summed E-state index contributed by atoms with van der Waals surface area (Å²) in [4.78, 5) is 20.2. The Kier molecular flexibility index (Phi) is 5.16. The molecule has 1 saturated heterocycles. The van der Waals surface area contributed by atoms with Crippen LogP contribution in [-0.2, 0) is 4.74 Å². The van der Waals surface area contributed by atoms with E-state index in [1.807, 2.05) is 27.7 Å². The number of ether oxygens (including phenoxy) is 1. The van der Waals surface area contributed by atoms with E-state index < -0.39 is 12.7 Å². The first kappa shape index (κ1) is 17.6. The fourth-order valence-electron chi connectivity index (χ4n) is 2.51. The molecular weight excluding hydrogens is 297 g/mol. The van der Waals surface area contributed by atoms with Gasteiger partial charge in [0.2, 0.25) is 0 Å². The molecule has 0 aromatic carbocycles. The van der Waals surface area contributed by atoms with E-state index in [1.165, 1.54) is 6.20 Å². The van der Waals surface area contributed by atoms with E-state index in [2.05, 4.69) is 9.88 Å². The highest BCUT2D eigenvalue weighted by atomic mass is 16.6. The lowest BCUT2D eigenvalue weighted by Gasteiger charge is -2.40. The van der Waals surface area contributed by atoms with Crippen LogP contribution in [0.3, 0.4) is 0 Å². The molecule has 2 rings (SSSR count). The van der Waals surface area contributed by atoms with E-state index in [9.17, 15) is 4.79 Å². The topological polar surface area (TPSA) is 86.1 Å². The molecule has 1 aliphatic heterocycles. The minimum absolute atomic E-state index is 0.0914. The molecule has 0 saturated carbocycles. The Morgan fingerprint density at radius 1 is 1.35 bits per heavy atom. The van der Waals surface area contributed by atoms with Gasteiger partial charge in [0.15, 0.2) is 0 Å². The third kappa shape index (κ3) is 4.59. The van der Waals surface area contributed by atoms with Gasteiger partial charge in [-0.15, -0.1) is 0 Å². The number of piperazine rings is 1. The molecule has 0 spiro atoms. The smallest absolute Gasteiger partial charge is 0.444 e. The van der Waals surface area contributed by atoms with Gasteiger partial charge in [-0.1, -0.05) is 6.07 Å². The Labute approximate surface area is 137 Å². The van der Waals surface area contributed by atoms with Crippen molar-refractivity contribution in [2.24, 2.45) is 0 Å². The predicted octanol–water partition coefficient (Wildman–Crippen LogP) is 0.207. The standard InChI is InChI=1S/C15H24BN3O4/c1-11-10-18(14(20)23-15(2,3)4)7-8-19(11)13-6-5-12(9-17-13)16(21)22/h5-6,9,11,21-22H,7-8,10H2,1-4H3/t11-/m0/s1. The lowest BCUT2D eigenvalue weighted by atomic mass is 9.82. The van der Waals surface area contributed by atoms with Crippen molar-refractivity contribution in [1.29, 1.82) is 0 Å². The van der Waals surface area contributed by atoms with E-state index in [0.717, 1.165) is 5.82 Å². The summed E-state index contributed by atoms with van der Waals surface area (Å²) in [5.41, 5.74) is -0.145. The summed E-state index contributed by atoms with van der Waals surface area (Å²) in [6, 6.07) is 3.49. The van der Waals surface area contributed by atoms with Crippen LogP contribution in [0.1, 0.15) is 27.7 Å². The highest BCUT2D eigenvalue weighted by Crippen LogP contribution is 2.19. The summed E-state index contributed by atoms with van der Waals surface area (Å²) < 4.78 is 5.41. The van der Waals surface area contributed by atoms with Gasteiger partial charge in [0.1, 0.15) is 11.4 Å². The van der Waals surface area contributed by atoms with Gasteiger partial charge in [-0.2, -0.15) is 0 Å². The number of carbonyl (C=O) groups is 1. The largest absolute Gasteiger partial charge is 0.490 e. The number of nitrogens with zero attached hydrogens (tertiary/aromatic N) is 3. The third-order valence-electron chi connectivity index (χ3n) is 3.64. The minimum Gasteiger partial charge on any atom is -0.444 e. The summed E-state index contributed by atoms with van der Waals surface area (Å²) in [5.74, 6) is 0.755. The molecule has 0 aliphatic carbocycles. The average Bonchev–Trinajstić information content (AvgIpc) is 2.45. The fraction of sp³-hybridized carbons (Fsp3) is 0.600. The second kappa shape index (κ2) is 6.76. The SMILES string of the molecule is C[C@H]1CN(C(=O)OC(C)(C)C)CCN1c1ccc(B(O)O)cn1. The van der Waals surface area contributed by atoms with Gasteiger partial charge in [0.05, 0.1) is 0 Å². The minimum atomic E-state index is -1.52. The number of hydrogen-bond acceptors (Lipinski definition) is 6. The second-order valence-electron chi connectivity index (χ2n) is 6.79. The maximum atomic E-state index is 12.1. The lowest BCUT2D eigenvalue weighted by molar-refractivity contribution is 0.0218. The van der Waals surface area contributed by atoms with Crippen molar-refractivity contribution in [2.75, 3.05) is 24.5 Å². The molecule has 2 N–H and O–H groups in total. The van der Waals surface area contributed by atoms with E-state index >= 15 is 0 Å². The molecule has 0 radical (unpaired) electrons. The van der Waals surface area contributed by atoms with Gasteiger partial charge in [0, 0.05) is 37.3 Å². The number of rotatable bonds is 2. The van der Waals surface area contributed by atoms with Crippen LogP contribution in [0.2, 0.25) is 0 Å². The van der Waals surface area contributed by atoms with Crippen LogP contribution >= 0.6 is 0 Å². The Hall–Kier alpha value is -1.80. The second-order valence-corrected chi connectivity index (χ2v) is 6.79. The van der Waals surface area contributed by atoms with Gasteiger partial charge >= 0.3 is 13.2 Å². The molecule has 2 heterocycles. The zero-order chi connectivity index (χ0) is 17.2. The van der Waals surface area contributed by atoms with E-state index in [4.69, 9.17) is 14.8 Å². The monoisotopic (exact) mass is 321 g/mol. The number of hydrogen-bond donors (Lipinski definition) is 2. The normalized spacial score (nSPS) is 18.8. The zero-order valence-electron chi connectivity index (χ0n) is 14.1. The molecule has 0 bridgehead atoms. The molecule has 1 fully saturated rings. The van der Waals surface area contributed by atoms with Crippen molar-refractivity contribution in [1.82, 2.24) is 9.88 Å². The highest BCUT2D eigenvalue weighted by molar-refractivity contribution is 6.58. The number of carbonyl (C=O) groups excluding carboxylic acids is 1. The molecule has 1 aromatic heterocycles. The molecule has 1 aliphatic rings. The van der Waals surface area contributed by atoms with E-state index in [0.29, 0.717) is 25.1 Å². The summed E-state index contributed by atoms with van der Waals surface area (Å²) in [6.07, 6.45) is 1.16. The van der Waals surface area contributed by atoms with Crippen LogP contribution in [0.4, 0.5) is 10.6 Å².